The van der Waals surface area contributed by atoms with Crippen molar-refractivity contribution in [1.82, 2.24) is 5.43 Å². The first-order valence-electron chi connectivity index (χ1n) is 6.32. The fourth-order valence-corrected chi connectivity index (χ4v) is 1.65. The van der Waals surface area contributed by atoms with Gasteiger partial charge in [-0.3, -0.25) is 4.79 Å². The molecule has 2 aromatic rings. The molecule has 1 N–H and O–H groups in total. The lowest BCUT2D eigenvalue weighted by molar-refractivity contribution is 0.0926. The summed E-state index contributed by atoms with van der Waals surface area (Å²) in [4.78, 5) is 11.7. The molecule has 1 amide bonds. The average molecular weight is 272 g/mol. The summed E-state index contributed by atoms with van der Waals surface area (Å²) in [6, 6.07) is 10.8. The van der Waals surface area contributed by atoms with Crippen LogP contribution in [0.4, 0.5) is 0 Å². The highest BCUT2D eigenvalue weighted by molar-refractivity contribution is 5.92. The van der Waals surface area contributed by atoms with Gasteiger partial charge in [0.25, 0.3) is 0 Å². The van der Waals surface area contributed by atoms with Gasteiger partial charge in [-0.2, -0.15) is 5.10 Å². The number of aryl methyl sites for hydroxylation is 1. The van der Waals surface area contributed by atoms with E-state index in [9.17, 15) is 4.79 Å². The molecule has 1 aromatic carbocycles. The van der Waals surface area contributed by atoms with Crippen molar-refractivity contribution >= 4 is 12.1 Å². The van der Waals surface area contributed by atoms with Crippen molar-refractivity contribution in [3.8, 4) is 5.75 Å². The number of hydrazone groups is 1. The normalized spacial score (nSPS) is 10.7. The first-order chi connectivity index (χ1) is 9.70. The van der Waals surface area contributed by atoms with E-state index in [1.807, 2.05) is 31.2 Å². The molecule has 0 unspecified atom stereocenters. The fourth-order valence-electron chi connectivity index (χ4n) is 1.65. The highest BCUT2D eigenvalue weighted by atomic mass is 16.5. The van der Waals surface area contributed by atoms with Gasteiger partial charge in [0, 0.05) is 5.56 Å². The topological polar surface area (TPSA) is 63.8 Å². The molecule has 5 nitrogen and oxygen atoms in total. The van der Waals surface area contributed by atoms with Crippen LogP contribution in [0.5, 0.6) is 5.75 Å². The molecule has 0 saturated carbocycles. The standard InChI is InChI=1S/C15H16N2O3/c1-3-19-13-7-5-4-6-12(13)10-16-17-15(18)14-9-8-11(2)20-14/h4-10H,3H2,1-2H3,(H,17,18). The van der Waals surface area contributed by atoms with Crippen molar-refractivity contribution in [2.75, 3.05) is 6.61 Å². The second-order valence-electron chi connectivity index (χ2n) is 4.08. The molecular formula is C15H16N2O3. The summed E-state index contributed by atoms with van der Waals surface area (Å²) in [5.74, 6) is 1.25. The van der Waals surface area contributed by atoms with Crippen molar-refractivity contribution in [2.45, 2.75) is 13.8 Å². The first kappa shape index (κ1) is 13.9. The number of benzene rings is 1. The van der Waals surface area contributed by atoms with E-state index in [-0.39, 0.29) is 11.7 Å². The molecule has 5 heteroatoms. The van der Waals surface area contributed by atoms with Crippen LogP contribution in [-0.2, 0) is 0 Å². The number of hydrogen-bond acceptors (Lipinski definition) is 4. The molecule has 0 fully saturated rings. The lowest BCUT2D eigenvalue weighted by Gasteiger charge is -2.05. The number of hydrogen-bond donors (Lipinski definition) is 1. The minimum absolute atomic E-state index is 0.234. The Morgan fingerprint density at radius 2 is 2.15 bits per heavy atom. The second-order valence-corrected chi connectivity index (χ2v) is 4.08. The van der Waals surface area contributed by atoms with Gasteiger partial charge in [0.05, 0.1) is 12.8 Å². The minimum atomic E-state index is -0.386. The summed E-state index contributed by atoms with van der Waals surface area (Å²) in [6.45, 7) is 4.26. The van der Waals surface area contributed by atoms with Crippen molar-refractivity contribution in [3.05, 3.63) is 53.5 Å². The summed E-state index contributed by atoms with van der Waals surface area (Å²) in [6.07, 6.45) is 1.54. The molecule has 20 heavy (non-hydrogen) atoms. The van der Waals surface area contributed by atoms with Gasteiger partial charge in [-0.1, -0.05) is 12.1 Å². The molecule has 0 aliphatic rings. The van der Waals surface area contributed by atoms with E-state index in [2.05, 4.69) is 10.5 Å². The van der Waals surface area contributed by atoms with E-state index in [0.29, 0.717) is 12.4 Å². The molecule has 0 aliphatic heterocycles. The summed E-state index contributed by atoms with van der Waals surface area (Å²) in [7, 11) is 0. The van der Waals surface area contributed by atoms with E-state index < -0.39 is 0 Å². The lowest BCUT2D eigenvalue weighted by Crippen LogP contribution is -2.16. The maximum atomic E-state index is 11.7. The highest BCUT2D eigenvalue weighted by Gasteiger charge is 2.08. The van der Waals surface area contributed by atoms with Gasteiger partial charge in [0.1, 0.15) is 11.5 Å². The average Bonchev–Trinajstić information content (AvgIpc) is 2.88. The van der Waals surface area contributed by atoms with Crippen LogP contribution in [0.15, 0.2) is 45.9 Å². The SMILES string of the molecule is CCOc1ccccc1C=NNC(=O)c1ccc(C)o1. The van der Waals surface area contributed by atoms with Gasteiger partial charge >= 0.3 is 5.91 Å². The predicted molar refractivity (Wildman–Crippen MR) is 76.1 cm³/mol. The first-order valence-corrected chi connectivity index (χ1v) is 6.32. The van der Waals surface area contributed by atoms with Gasteiger partial charge in [0.15, 0.2) is 5.76 Å². The molecular weight excluding hydrogens is 256 g/mol. The quantitative estimate of drug-likeness (QED) is 0.672. The van der Waals surface area contributed by atoms with E-state index in [4.69, 9.17) is 9.15 Å². The zero-order valence-corrected chi connectivity index (χ0v) is 11.4. The zero-order chi connectivity index (χ0) is 14.4. The number of furan rings is 1. The van der Waals surface area contributed by atoms with Crippen molar-refractivity contribution < 1.29 is 13.9 Å². The van der Waals surface area contributed by atoms with Gasteiger partial charge in [-0.25, -0.2) is 5.43 Å². The number of nitrogens with zero attached hydrogens (tertiary/aromatic N) is 1. The number of nitrogens with one attached hydrogen (secondary N) is 1. The summed E-state index contributed by atoms with van der Waals surface area (Å²) < 4.78 is 10.7. The third kappa shape index (κ3) is 3.47. The molecule has 1 heterocycles. The van der Waals surface area contributed by atoms with Gasteiger partial charge in [-0.05, 0) is 38.1 Å². The molecule has 0 bridgehead atoms. The van der Waals surface area contributed by atoms with Gasteiger partial charge < -0.3 is 9.15 Å². The smallest absolute Gasteiger partial charge is 0.307 e. The Kier molecular flexibility index (Phi) is 4.55. The van der Waals surface area contributed by atoms with Gasteiger partial charge in [0.2, 0.25) is 0 Å². The maximum absolute atomic E-state index is 11.7. The molecule has 1 aromatic heterocycles. The fraction of sp³-hybridized carbons (Fsp3) is 0.200. The molecule has 0 saturated heterocycles. The monoisotopic (exact) mass is 272 g/mol. The van der Waals surface area contributed by atoms with Crippen LogP contribution in [0, 0.1) is 6.92 Å². The summed E-state index contributed by atoms with van der Waals surface area (Å²) >= 11 is 0. The van der Waals surface area contributed by atoms with Crippen LogP contribution in [-0.4, -0.2) is 18.7 Å². The largest absolute Gasteiger partial charge is 0.493 e. The molecule has 0 aliphatic carbocycles. The van der Waals surface area contributed by atoms with Crippen molar-refractivity contribution in [1.29, 1.82) is 0 Å². The Labute approximate surface area is 117 Å². The molecule has 0 radical (unpaired) electrons. The van der Waals surface area contributed by atoms with E-state index >= 15 is 0 Å². The number of carbonyl (C=O) groups excluding carboxylic acids is 1. The number of carbonyl (C=O) groups is 1. The Balaban J connectivity index is 2.01. The van der Waals surface area contributed by atoms with E-state index in [0.717, 1.165) is 11.3 Å². The van der Waals surface area contributed by atoms with Crippen LogP contribution in [0.25, 0.3) is 0 Å². The second kappa shape index (κ2) is 6.56. The zero-order valence-electron chi connectivity index (χ0n) is 11.4. The van der Waals surface area contributed by atoms with Crippen LogP contribution < -0.4 is 10.2 Å². The molecule has 2 rings (SSSR count). The third-order valence-corrected chi connectivity index (χ3v) is 2.55. The van der Waals surface area contributed by atoms with E-state index in [1.165, 1.54) is 0 Å². The Hall–Kier alpha value is -2.56. The van der Waals surface area contributed by atoms with Crippen LogP contribution in [0.1, 0.15) is 28.8 Å². The number of amides is 1. The van der Waals surface area contributed by atoms with Crippen LogP contribution in [0.2, 0.25) is 0 Å². The highest BCUT2D eigenvalue weighted by Crippen LogP contribution is 2.15. The van der Waals surface area contributed by atoms with Crippen molar-refractivity contribution in [3.63, 3.8) is 0 Å². The van der Waals surface area contributed by atoms with Crippen LogP contribution in [0.3, 0.4) is 0 Å². The van der Waals surface area contributed by atoms with Gasteiger partial charge in [-0.15, -0.1) is 0 Å². The number of para-hydroxylation sites is 1. The van der Waals surface area contributed by atoms with Crippen molar-refractivity contribution in [2.24, 2.45) is 5.10 Å². The number of ether oxygens (including phenoxy) is 1. The molecule has 0 spiro atoms. The predicted octanol–water partition coefficient (Wildman–Crippen LogP) is 2.75. The summed E-state index contributed by atoms with van der Waals surface area (Å²) in [5, 5.41) is 3.91. The van der Waals surface area contributed by atoms with Crippen LogP contribution >= 0.6 is 0 Å². The maximum Gasteiger partial charge on any atom is 0.307 e. The Morgan fingerprint density at radius 1 is 1.35 bits per heavy atom. The molecule has 104 valence electrons. The van der Waals surface area contributed by atoms with E-state index in [1.54, 1.807) is 25.3 Å². The lowest BCUT2D eigenvalue weighted by atomic mass is 10.2. The molecule has 0 atom stereocenters. The Bertz CT molecular complexity index is 617. The summed E-state index contributed by atoms with van der Waals surface area (Å²) in [5.41, 5.74) is 3.21. The number of rotatable bonds is 5. The minimum Gasteiger partial charge on any atom is -0.493 e. The Morgan fingerprint density at radius 3 is 2.85 bits per heavy atom. The third-order valence-electron chi connectivity index (χ3n) is 2.55.